The first-order valence-electron chi connectivity index (χ1n) is 4.93. The van der Waals surface area contributed by atoms with Crippen LogP contribution in [0.1, 0.15) is 16.8 Å². The van der Waals surface area contributed by atoms with Gasteiger partial charge in [0, 0.05) is 18.2 Å². The molecule has 0 bridgehead atoms. The Kier molecular flexibility index (Phi) is 2.79. The molecular formula is C11H14N2O. The molecule has 1 saturated heterocycles. The SMILES string of the molecule is O=C(NCC1CCN1)c1ccccc1. The van der Waals surface area contributed by atoms with Crippen LogP contribution in [0, 0.1) is 0 Å². The third-order valence-corrected chi connectivity index (χ3v) is 2.47. The number of hydrogen-bond donors (Lipinski definition) is 2. The summed E-state index contributed by atoms with van der Waals surface area (Å²) in [6, 6.07) is 9.77. The van der Waals surface area contributed by atoms with E-state index in [0.717, 1.165) is 25.1 Å². The minimum atomic E-state index is 0.0132. The van der Waals surface area contributed by atoms with Crippen molar-refractivity contribution in [3.8, 4) is 0 Å². The van der Waals surface area contributed by atoms with E-state index in [-0.39, 0.29) is 5.91 Å². The molecule has 0 saturated carbocycles. The predicted molar refractivity (Wildman–Crippen MR) is 55.2 cm³/mol. The standard InChI is InChI=1S/C11H14N2O/c14-11(9-4-2-1-3-5-9)13-8-10-6-7-12-10/h1-5,10,12H,6-8H2,(H,13,14). The molecule has 3 heteroatoms. The lowest BCUT2D eigenvalue weighted by atomic mass is 10.1. The fraction of sp³-hybridized carbons (Fsp3) is 0.364. The maximum absolute atomic E-state index is 11.6. The predicted octanol–water partition coefficient (Wildman–Crippen LogP) is 0.778. The summed E-state index contributed by atoms with van der Waals surface area (Å²) < 4.78 is 0. The average molecular weight is 190 g/mol. The third-order valence-electron chi connectivity index (χ3n) is 2.47. The maximum Gasteiger partial charge on any atom is 0.251 e. The second-order valence-electron chi connectivity index (χ2n) is 3.52. The fourth-order valence-electron chi connectivity index (χ4n) is 1.43. The monoisotopic (exact) mass is 190 g/mol. The number of rotatable bonds is 3. The highest BCUT2D eigenvalue weighted by molar-refractivity contribution is 5.94. The van der Waals surface area contributed by atoms with E-state index in [1.807, 2.05) is 30.3 Å². The zero-order chi connectivity index (χ0) is 9.80. The molecule has 0 radical (unpaired) electrons. The summed E-state index contributed by atoms with van der Waals surface area (Å²) in [6.45, 7) is 1.81. The van der Waals surface area contributed by atoms with Crippen LogP contribution in [0.4, 0.5) is 0 Å². The van der Waals surface area contributed by atoms with Gasteiger partial charge in [-0.05, 0) is 25.1 Å². The van der Waals surface area contributed by atoms with Gasteiger partial charge in [-0.15, -0.1) is 0 Å². The van der Waals surface area contributed by atoms with Gasteiger partial charge in [0.2, 0.25) is 0 Å². The van der Waals surface area contributed by atoms with Gasteiger partial charge < -0.3 is 10.6 Å². The van der Waals surface area contributed by atoms with E-state index in [2.05, 4.69) is 10.6 Å². The second-order valence-corrected chi connectivity index (χ2v) is 3.52. The van der Waals surface area contributed by atoms with Gasteiger partial charge in [0.1, 0.15) is 0 Å². The van der Waals surface area contributed by atoms with Crippen molar-refractivity contribution in [1.29, 1.82) is 0 Å². The Morgan fingerprint density at radius 2 is 2.14 bits per heavy atom. The molecule has 0 aliphatic carbocycles. The van der Waals surface area contributed by atoms with E-state index in [9.17, 15) is 4.79 Å². The number of carbonyl (C=O) groups excluding carboxylic acids is 1. The molecule has 3 nitrogen and oxygen atoms in total. The molecule has 1 aromatic carbocycles. The summed E-state index contributed by atoms with van der Waals surface area (Å²) in [5.74, 6) is 0.0132. The normalized spacial score (nSPS) is 19.9. The van der Waals surface area contributed by atoms with E-state index in [4.69, 9.17) is 0 Å². The van der Waals surface area contributed by atoms with Crippen molar-refractivity contribution >= 4 is 5.91 Å². The summed E-state index contributed by atoms with van der Waals surface area (Å²) in [5, 5.41) is 6.14. The summed E-state index contributed by atoms with van der Waals surface area (Å²) in [5.41, 5.74) is 0.729. The molecule has 1 amide bonds. The number of nitrogens with one attached hydrogen (secondary N) is 2. The summed E-state index contributed by atoms with van der Waals surface area (Å²) in [7, 11) is 0. The van der Waals surface area contributed by atoms with Gasteiger partial charge in [-0.3, -0.25) is 4.79 Å². The first-order valence-corrected chi connectivity index (χ1v) is 4.93. The quantitative estimate of drug-likeness (QED) is 0.739. The molecule has 1 heterocycles. The van der Waals surface area contributed by atoms with Crippen LogP contribution in [0.5, 0.6) is 0 Å². The molecule has 1 fully saturated rings. The Labute approximate surface area is 83.5 Å². The highest BCUT2D eigenvalue weighted by Gasteiger charge is 2.16. The Bertz CT molecular complexity index is 306. The minimum Gasteiger partial charge on any atom is -0.350 e. The third kappa shape index (κ3) is 2.12. The van der Waals surface area contributed by atoms with Gasteiger partial charge in [0.05, 0.1) is 0 Å². The number of benzene rings is 1. The van der Waals surface area contributed by atoms with Gasteiger partial charge in [0.15, 0.2) is 0 Å². The summed E-state index contributed by atoms with van der Waals surface area (Å²) >= 11 is 0. The lowest BCUT2D eigenvalue weighted by Crippen LogP contribution is -2.50. The Morgan fingerprint density at radius 3 is 2.71 bits per heavy atom. The van der Waals surface area contributed by atoms with E-state index >= 15 is 0 Å². The molecule has 1 unspecified atom stereocenters. The van der Waals surface area contributed by atoms with Crippen molar-refractivity contribution in [3.63, 3.8) is 0 Å². The van der Waals surface area contributed by atoms with Crippen molar-refractivity contribution in [2.24, 2.45) is 0 Å². The Hall–Kier alpha value is -1.35. The largest absolute Gasteiger partial charge is 0.350 e. The Balaban J connectivity index is 1.83. The van der Waals surface area contributed by atoms with E-state index in [0.29, 0.717) is 6.04 Å². The lowest BCUT2D eigenvalue weighted by molar-refractivity contribution is 0.0945. The average Bonchev–Trinajstić information content (AvgIpc) is 2.16. The summed E-state index contributed by atoms with van der Waals surface area (Å²) in [6.07, 6.45) is 1.16. The van der Waals surface area contributed by atoms with Crippen molar-refractivity contribution in [2.75, 3.05) is 13.1 Å². The first-order chi connectivity index (χ1) is 6.86. The zero-order valence-corrected chi connectivity index (χ0v) is 7.99. The number of carbonyl (C=O) groups is 1. The van der Waals surface area contributed by atoms with Gasteiger partial charge in [-0.2, -0.15) is 0 Å². The van der Waals surface area contributed by atoms with Crippen LogP contribution in [0.15, 0.2) is 30.3 Å². The first kappa shape index (κ1) is 9.21. The van der Waals surface area contributed by atoms with Crippen LogP contribution in [0.25, 0.3) is 0 Å². The van der Waals surface area contributed by atoms with Crippen LogP contribution < -0.4 is 10.6 Å². The molecule has 14 heavy (non-hydrogen) atoms. The van der Waals surface area contributed by atoms with Crippen molar-refractivity contribution in [2.45, 2.75) is 12.5 Å². The van der Waals surface area contributed by atoms with Gasteiger partial charge >= 0.3 is 0 Å². The van der Waals surface area contributed by atoms with Gasteiger partial charge in [-0.25, -0.2) is 0 Å². The van der Waals surface area contributed by atoms with Crippen LogP contribution in [0.3, 0.4) is 0 Å². The highest BCUT2D eigenvalue weighted by atomic mass is 16.1. The van der Waals surface area contributed by atoms with Crippen molar-refractivity contribution < 1.29 is 4.79 Å². The highest BCUT2D eigenvalue weighted by Crippen LogP contribution is 2.01. The lowest BCUT2D eigenvalue weighted by Gasteiger charge is -2.27. The number of hydrogen-bond acceptors (Lipinski definition) is 2. The number of amides is 1. The van der Waals surface area contributed by atoms with Gasteiger partial charge in [0.25, 0.3) is 5.91 Å². The molecule has 1 aliphatic heterocycles. The molecular weight excluding hydrogens is 176 g/mol. The minimum absolute atomic E-state index is 0.0132. The topological polar surface area (TPSA) is 41.1 Å². The molecule has 0 aromatic heterocycles. The second kappa shape index (κ2) is 4.24. The smallest absolute Gasteiger partial charge is 0.251 e. The van der Waals surface area contributed by atoms with Crippen molar-refractivity contribution in [3.05, 3.63) is 35.9 Å². The van der Waals surface area contributed by atoms with Crippen LogP contribution >= 0.6 is 0 Å². The Morgan fingerprint density at radius 1 is 1.43 bits per heavy atom. The van der Waals surface area contributed by atoms with Gasteiger partial charge in [-0.1, -0.05) is 18.2 Å². The van der Waals surface area contributed by atoms with Crippen LogP contribution in [-0.2, 0) is 0 Å². The molecule has 2 rings (SSSR count). The zero-order valence-electron chi connectivity index (χ0n) is 7.99. The van der Waals surface area contributed by atoms with Crippen LogP contribution in [0.2, 0.25) is 0 Å². The van der Waals surface area contributed by atoms with Crippen LogP contribution in [-0.4, -0.2) is 25.0 Å². The molecule has 1 aromatic rings. The molecule has 2 N–H and O–H groups in total. The fourth-order valence-corrected chi connectivity index (χ4v) is 1.43. The van der Waals surface area contributed by atoms with Crippen molar-refractivity contribution in [1.82, 2.24) is 10.6 Å². The molecule has 1 aliphatic rings. The molecule has 1 atom stereocenters. The van der Waals surface area contributed by atoms with E-state index in [1.54, 1.807) is 0 Å². The summed E-state index contributed by atoms with van der Waals surface area (Å²) in [4.78, 5) is 11.6. The van der Waals surface area contributed by atoms with E-state index in [1.165, 1.54) is 0 Å². The molecule has 74 valence electrons. The molecule has 0 spiro atoms. The maximum atomic E-state index is 11.6. The van der Waals surface area contributed by atoms with E-state index < -0.39 is 0 Å².